The number of hydrogen-bond donors (Lipinski definition) is 10. The summed E-state index contributed by atoms with van der Waals surface area (Å²) in [6.07, 6.45) is 5.51. The Bertz CT molecular complexity index is 1270. The van der Waals surface area contributed by atoms with Gasteiger partial charge in [0.05, 0.1) is 30.3 Å². The van der Waals surface area contributed by atoms with Gasteiger partial charge in [0.2, 0.25) is 0 Å². The number of benzene rings is 3. The van der Waals surface area contributed by atoms with Crippen molar-refractivity contribution in [1.29, 1.82) is 0 Å². The lowest BCUT2D eigenvalue weighted by atomic mass is 9.84. The second kappa shape index (κ2) is 21.2. The zero-order valence-corrected chi connectivity index (χ0v) is 27.8. The number of nitrogen functional groups attached to an aromatic ring is 1. The Morgan fingerprint density at radius 1 is 0.617 bits per heavy atom. The summed E-state index contributed by atoms with van der Waals surface area (Å²) >= 11 is 0. The largest absolute Gasteiger partial charge is 0.506 e. The first-order chi connectivity index (χ1) is 22.9. The Labute approximate surface area is 279 Å². The van der Waals surface area contributed by atoms with Crippen LogP contribution in [0.15, 0.2) is 60.7 Å². The lowest BCUT2D eigenvalue weighted by Gasteiger charge is -2.23. The van der Waals surface area contributed by atoms with Gasteiger partial charge in [-0.3, -0.25) is 4.90 Å². The lowest BCUT2D eigenvalue weighted by Crippen LogP contribution is -2.31. The van der Waals surface area contributed by atoms with Crippen LogP contribution in [-0.2, 0) is 0 Å². The second-order valence-electron chi connectivity index (χ2n) is 12.1. The molecule has 0 aliphatic rings. The minimum atomic E-state index is 0.0514. The van der Waals surface area contributed by atoms with E-state index in [1.54, 1.807) is 6.07 Å². The van der Waals surface area contributed by atoms with Crippen molar-refractivity contribution in [2.45, 2.75) is 45.4 Å². The van der Waals surface area contributed by atoms with E-state index in [4.69, 9.17) is 21.1 Å². The minimum absolute atomic E-state index is 0.0514. The van der Waals surface area contributed by atoms with E-state index in [0.29, 0.717) is 42.0 Å². The molecule has 0 bridgehead atoms. The van der Waals surface area contributed by atoms with E-state index in [0.717, 1.165) is 80.9 Å². The van der Waals surface area contributed by atoms with Gasteiger partial charge >= 0.3 is 0 Å². The van der Waals surface area contributed by atoms with E-state index < -0.39 is 0 Å². The van der Waals surface area contributed by atoms with Crippen LogP contribution in [0.3, 0.4) is 0 Å². The molecule has 0 amide bonds. The monoisotopic (exact) mass is 652 g/mol. The number of phenolic OH excluding ortho intramolecular Hbond substituents is 1. The van der Waals surface area contributed by atoms with Crippen molar-refractivity contribution >= 4 is 39.8 Å². The molecule has 0 fully saturated rings. The molecule has 2 atom stereocenters. The van der Waals surface area contributed by atoms with Crippen molar-refractivity contribution in [3.8, 4) is 5.75 Å². The highest BCUT2D eigenvalue weighted by Crippen LogP contribution is 2.36. The first-order valence-corrected chi connectivity index (χ1v) is 16.9. The van der Waals surface area contributed by atoms with Crippen LogP contribution >= 0.6 is 0 Å². The minimum Gasteiger partial charge on any atom is -0.506 e. The fraction of sp³-hybridized carbons (Fsp3) is 0.500. The van der Waals surface area contributed by atoms with Crippen LogP contribution in [0, 0.1) is 11.8 Å². The third-order valence-corrected chi connectivity index (χ3v) is 8.51. The first kappa shape index (κ1) is 37.7. The van der Waals surface area contributed by atoms with E-state index in [2.05, 4.69) is 28.2 Å². The lowest BCUT2D eigenvalue weighted by molar-refractivity contribution is 0.161. The van der Waals surface area contributed by atoms with E-state index in [-0.39, 0.29) is 32.2 Å². The van der Waals surface area contributed by atoms with Crippen LogP contribution in [-0.4, -0.2) is 89.6 Å². The van der Waals surface area contributed by atoms with Crippen molar-refractivity contribution in [3.05, 3.63) is 60.7 Å². The summed E-state index contributed by atoms with van der Waals surface area (Å²) in [4.78, 5) is 2.04. The fourth-order valence-electron chi connectivity index (χ4n) is 5.75. The van der Waals surface area contributed by atoms with Crippen molar-refractivity contribution in [1.82, 2.24) is 4.90 Å². The molecule has 2 unspecified atom stereocenters. The molecule has 47 heavy (non-hydrogen) atoms. The summed E-state index contributed by atoms with van der Waals surface area (Å²) < 4.78 is 0. The van der Waals surface area contributed by atoms with Crippen molar-refractivity contribution < 1.29 is 25.5 Å². The first-order valence-electron chi connectivity index (χ1n) is 16.9. The molecule has 0 spiro atoms. The third kappa shape index (κ3) is 13.5. The molecule has 0 aromatic heterocycles. The summed E-state index contributed by atoms with van der Waals surface area (Å²) in [5, 5.41) is 60.9. The van der Waals surface area contributed by atoms with E-state index in [1.165, 1.54) is 6.07 Å². The molecule has 0 aliphatic heterocycles. The van der Waals surface area contributed by atoms with Crippen LogP contribution in [0.2, 0.25) is 0 Å². The van der Waals surface area contributed by atoms with E-state index >= 15 is 0 Å². The quantitative estimate of drug-likeness (QED) is 0.0268. The predicted molar refractivity (Wildman–Crippen MR) is 194 cm³/mol. The Morgan fingerprint density at radius 3 is 1.72 bits per heavy atom. The highest BCUT2D eigenvalue weighted by Gasteiger charge is 2.16. The molecule has 3 aromatic carbocycles. The van der Waals surface area contributed by atoms with Gasteiger partial charge in [0.15, 0.2) is 0 Å². The van der Waals surface area contributed by atoms with Crippen LogP contribution in [0.5, 0.6) is 5.75 Å². The van der Waals surface area contributed by atoms with Crippen molar-refractivity contribution in [2.75, 3.05) is 86.2 Å². The molecule has 0 heterocycles. The zero-order valence-electron chi connectivity index (χ0n) is 27.8. The van der Waals surface area contributed by atoms with Gasteiger partial charge in [-0.05, 0) is 112 Å². The molecule has 3 aromatic rings. The van der Waals surface area contributed by atoms with Gasteiger partial charge in [-0.25, -0.2) is 0 Å². The number of aromatic hydroxyl groups is 1. The molecule has 3 rings (SSSR count). The van der Waals surface area contributed by atoms with Crippen molar-refractivity contribution in [3.63, 3.8) is 0 Å². The summed E-state index contributed by atoms with van der Waals surface area (Å²) in [5.74, 6) is 0.998. The second-order valence-corrected chi connectivity index (χ2v) is 12.1. The third-order valence-electron chi connectivity index (χ3n) is 8.51. The maximum absolute atomic E-state index is 10.6. The Hall–Kier alpha value is -3.74. The molecule has 11 heteroatoms. The molecule has 11 nitrogen and oxygen atoms in total. The van der Waals surface area contributed by atoms with Gasteiger partial charge in [0.1, 0.15) is 5.75 Å². The number of aliphatic hydroxyl groups is 4. The zero-order chi connectivity index (χ0) is 33.9. The summed E-state index contributed by atoms with van der Waals surface area (Å²) in [6.45, 7) is 6.33. The number of hydrogen-bond acceptors (Lipinski definition) is 11. The predicted octanol–water partition coefficient (Wildman–Crippen LogP) is 5.15. The number of nitrogens with zero attached hydrogens (tertiary/aromatic N) is 1. The van der Waals surface area contributed by atoms with Gasteiger partial charge in [-0.1, -0.05) is 6.92 Å². The van der Waals surface area contributed by atoms with E-state index in [1.807, 2.05) is 53.4 Å². The van der Waals surface area contributed by atoms with Crippen LogP contribution in [0.1, 0.15) is 45.4 Å². The Kier molecular flexibility index (Phi) is 17.0. The highest BCUT2D eigenvalue weighted by molar-refractivity contribution is 5.82. The normalized spacial score (nSPS) is 12.6. The summed E-state index contributed by atoms with van der Waals surface area (Å²) in [6, 6.07) is 19.1. The molecular formula is C36H56N6O5. The SMILES string of the molecule is CC(CCCNc1ccc(Nc2cc(Nc3ccc(NCCCN(CCO)CCO)cc3)c(O)cc2N)cc1)C(CCO)CCCO. The maximum atomic E-state index is 10.6. The van der Waals surface area contributed by atoms with E-state index in [9.17, 15) is 10.2 Å². The standard InChI is InChI=1S/C36H56N6O5/c1-27(28(15-22-44)6-3-21-43)5-2-16-38-29-7-11-31(12-8-29)40-34-26-35(36(47)25-33(34)37)41-32-13-9-30(10-14-32)39-17-4-18-42(19-23-45)20-24-46/h7-14,25-28,38-41,43-47H,2-6,15-24,37H2,1H3. The van der Waals surface area contributed by atoms with Gasteiger partial charge in [0, 0.05) is 68.2 Å². The number of nitrogens with one attached hydrogen (secondary N) is 4. The average Bonchev–Trinajstić information content (AvgIpc) is 3.07. The molecule has 0 saturated heterocycles. The summed E-state index contributed by atoms with van der Waals surface area (Å²) in [7, 11) is 0. The fourth-order valence-corrected chi connectivity index (χ4v) is 5.75. The molecule has 11 N–H and O–H groups in total. The molecule has 0 saturated carbocycles. The van der Waals surface area contributed by atoms with Gasteiger partial charge in [-0.2, -0.15) is 0 Å². The van der Waals surface area contributed by atoms with Gasteiger partial charge in [-0.15, -0.1) is 0 Å². The number of phenols is 1. The molecule has 0 aliphatic carbocycles. The highest BCUT2D eigenvalue weighted by atomic mass is 16.3. The van der Waals surface area contributed by atoms with Crippen LogP contribution in [0.25, 0.3) is 0 Å². The van der Waals surface area contributed by atoms with Crippen molar-refractivity contribution in [2.24, 2.45) is 11.8 Å². The van der Waals surface area contributed by atoms with Crippen LogP contribution in [0.4, 0.5) is 39.8 Å². The van der Waals surface area contributed by atoms with Gasteiger partial charge < -0.3 is 52.5 Å². The molecule has 260 valence electrons. The number of anilines is 7. The Balaban J connectivity index is 1.48. The molecule has 0 radical (unpaired) electrons. The smallest absolute Gasteiger partial charge is 0.141 e. The average molecular weight is 653 g/mol. The van der Waals surface area contributed by atoms with Crippen LogP contribution < -0.4 is 27.0 Å². The number of nitrogens with two attached hydrogens (primary N) is 1. The van der Waals surface area contributed by atoms with Gasteiger partial charge in [0.25, 0.3) is 0 Å². The summed E-state index contributed by atoms with van der Waals surface area (Å²) in [5.41, 5.74) is 11.6. The maximum Gasteiger partial charge on any atom is 0.141 e. The Morgan fingerprint density at radius 2 is 1.17 bits per heavy atom. The number of aliphatic hydroxyl groups excluding tert-OH is 4. The topological polar surface area (TPSA) is 179 Å². The molecular weight excluding hydrogens is 596 g/mol. The number of rotatable bonds is 24.